The van der Waals surface area contributed by atoms with Gasteiger partial charge in [0, 0.05) is 5.92 Å². The minimum atomic E-state index is -4.25. The normalized spacial score (nSPS) is 20.1. The molecule has 1 unspecified atom stereocenters. The second-order valence-electron chi connectivity index (χ2n) is 3.51. The molecule has 0 aromatic heterocycles. The Morgan fingerprint density at radius 3 is 2.64 bits per heavy atom. The molecule has 14 heavy (non-hydrogen) atoms. The summed E-state index contributed by atoms with van der Waals surface area (Å²) in [5.74, 6) is -0.108. The van der Waals surface area contributed by atoms with Gasteiger partial charge in [-0.25, -0.2) is 0 Å². The minimum Gasteiger partial charge on any atom is -0.330 e. The van der Waals surface area contributed by atoms with Crippen molar-refractivity contribution < 1.29 is 13.2 Å². The molecule has 1 aliphatic carbocycles. The Balaban J connectivity index is 2.48. The molecule has 0 radical (unpaired) electrons. The first-order chi connectivity index (χ1) is 6.54. The van der Waals surface area contributed by atoms with Crippen molar-refractivity contribution in [2.45, 2.75) is 18.5 Å². The summed E-state index contributed by atoms with van der Waals surface area (Å²) in [7, 11) is 0. The summed E-state index contributed by atoms with van der Waals surface area (Å²) >= 11 is 0. The van der Waals surface area contributed by atoms with Crippen LogP contribution in [0.4, 0.5) is 13.2 Å². The molecule has 0 saturated heterocycles. The van der Waals surface area contributed by atoms with E-state index in [2.05, 4.69) is 0 Å². The Labute approximate surface area is 79.7 Å². The van der Waals surface area contributed by atoms with Crippen LogP contribution in [-0.2, 0) is 12.6 Å². The molecule has 0 saturated carbocycles. The van der Waals surface area contributed by atoms with Gasteiger partial charge in [-0.15, -0.1) is 0 Å². The molecule has 2 rings (SSSR count). The number of fused-ring (bicyclic) bond motifs is 1. The van der Waals surface area contributed by atoms with E-state index in [-0.39, 0.29) is 5.92 Å². The quantitative estimate of drug-likeness (QED) is 0.741. The van der Waals surface area contributed by atoms with E-state index in [1.807, 2.05) is 0 Å². The van der Waals surface area contributed by atoms with Crippen LogP contribution in [0.25, 0.3) is 0 Å². The zero-order valence-electron chi connectivity index (χ0n) is 7.43. The standard InChI is InChI=1S/C10H10F3N/c11-10(12,13)8-3-1-2-6-4-7(5-14)9(6)8/h1-3,7H,4-5,14H2. The monoisotopic (exact) mass is 201 g/mol. The van der Waals surface area contributed by atoms with E-state index in [4.69, 9.17) is 5.73 Å². The van der Waals surface area contributed by atoms with Crippen molar-refractivity contribution in [3.8, 4) is 0 Å². The van der Waals surface area contributed by atoms with Crippen LogP contribution in [0.15, 0.2) is 18.2 Å². The highest BCUT2D eigenvalue weighted by Gasteiger charge is 2.39. The molecule has 4 heteroatoms. The lowest BCUT2D eigenvalue weighted by Gasteiger charge is -2.32. The average Bonchev–Trinajstić information content (AvgIpc) is 2.05. The van der Waals surface area contributed by atoms with Gasteiger partial charge in [0.15, 0.2) is 0 Å². The second-order valence-corrected chi connectivity index (χ2v) is 3.51. The Morgan fingerprint density at radius 1 is 1.36 bits per heavy atom. The maximum Gasteiger partial charge on any atom is 0.416 e. The number of hydrogen-bond donors (Lipinski definition) is 1. The molecule has 76 valence electrons. The summed E-state index contributed by atoms with van der Waals surface area (Å²) in [5, 5.41) is 0. The Kier molecular flexibility index (Phi) is 2.03. The third kappa shape index (κ3) is 1.30. The number of alkyl halides is 3. The van der Waals surface area contributed by atoms with Gasteiger partial charge >= 0.3 is 6.18 Å². The lowest BCUT2D eigenvalue weighted by atomic mass is 9.75. The molecule has 2 N–H and O–H groups in total. The number of hydrogen-bond acceptors (Lipinski definition) is 1. The van der Waals surface area contributed by atoms with E-state index in [0.717, 1.165) is 11.6 Å². The van der Waals surface area contributed by atoms with Gasteiger partial charge in [-0.1, -0.05) is 12.1 Å². The average molecular weight is 201 g/mol. The van der Waals surface area contributed by atoms with Crippen LogP contribution in [0.5, 0.6) is 0 Å². The Hall–Kier alpha value is -1.03. The highest BCUT2D eigenvalue weighted by molar-refractivity contribution is 5.47. The molecule has 1 nitrogen and oxygen atoms in total. The first-order valence-electron chi connectivity index (χ1n) is 4.43. The first-order valence-corrected chi connectivity index (χ1v) is 4.43. The van der Waals surface area contributed by atoms with Crippen LogP contribution in [0.2, 0.25) is 0 Å². The van der Waals surface area contributed by atoms with Gasteiger partial charge in [0.1, 0.15) is 0 Å². The molecule has 0 amide bonds. The maximum atomic E-state index is 12.5. The summed E-state index contributed by atoms with van der Waals surface area (Å²) in [4.78, 5) is 0. The SMILES string of the molecule is NCC1Cc2cccc(C(F)(F)F)c21. The van der Waals surface area contributed by atoms with Crippen LogP contribution < -0.4 is 5.73 Å². The summed E-state index contributed by atoms with van der Waals surface area (Å²) < 4.78 is 37.6. The topological polar surface area (TPSA) is 26.0 Å². The van der Waals surface area contributed by atoms with Gasteiger partial charge in [0.05, 0.1) is 5.56 Å². The maximum absolute atomic E-state index is 12.5. The Bertz CT molecular complexity index is 357. The number of rotatable bonds is 1. The lowest BCUT2D eigenvalue weighted by molar-refractivity contribution is -0.138. The van der Waals surface area contributed by atoms with E-state index in [1.165, 1.54) is 6.07 Å². The van der Waals surface area contributed by atoms with Gasteiger partial charge in [0.25, 0.3) is 0 Å². The van der Waals surface area contributed by atoms with E-state index in [0.29, 0.717) is 18.5 Å². The zero-order valence-corrected chi connectivity index (χ0v) is 7.43. The number of benzene rings is 1. The highest BCUT2D eigenvalue weighted by atomic mass is 19.4. The minimum absolute atomic E-state index is 0.108. The Morgan fingerprint density at radius 2 is 2.07 bits per heavy atom. The van der Waals surface area contributed by atoms with Crippen molar-refractivity contribution in [2.75, 3.05) is 6.54 Å². The van der Waals surface area contributed by atoms with E-state index >= 15 is 0 Å². The lowest BCUT2D eigenvalue weighted by Crippen LogP contribution is -2.28. The molecule has 0 spiro atoms. The van der Waals surface area contributed by atoms with Crippen molar-refractivity contribution in [3.63, 3.8) is 0 Å². The second kappa shape index (κ2) is 2.98. The molecule has 1 atom stereocenters. The predicted octanol–water partition coefficient (Wildman–Crippen LogP) is 2.30. The molecule has 0 aliphatic heterocycles. The van der Waals surface area contributed by atoms with Crippen molar-refractivity contribution >= 4 is 0 Å². The van der Waals surface area contributed by atoms with Crippen molar-refractivity contribution in [2.24, 2.45) is 5.73 Å². The molecule has 1 aromatic rings. The molecular formula is C10H10F3N. The van der Waals surface area contributed by atoms with Crippen LogP contribution in [0, 0.1) is 0 Å². The molecule has 0 bridgehead atoms. The van der Waals surface area contributed by atoms with E-state index < -0.39 is 11.7 Å². The summed E-state index contributed by atoms with van der Waals surface area (Å²) in [5.41, 5.74) is 6.07. The fourth-order valence-corrected chi connectivity index (χ4v) is 1.96. The molecule has 0 heterocycles. The summed E-state index contributed by atoms with van der Waals surface area (Å²) in [6.07, 6.45) is -3.57. The zero-order chi connectivity index (χ0) is 10.3. The van der Waals surface area contributed by atoms with Gasteiger partial charge < -0.3 is 5.73 Å². The summed E-state index contributed by atoms with van der Waals surface area (Å²) in [6.45, 7) is 0.292. The van der Waals surface area contributed by atoms with Crippen LogP contribution in [0.1, 0.15) is 22.6 Å². The fraction of sp³-hybridized carbons (Fsp3) is 0.400. The van der Waals surface area contributed by atoms with Crippen molar-refractivity contribution in [1.82, 2.24) is 0 Å². The van der Waals surface area contributed by atoms with E-state index in [1.54, 1.807) is 6.07 Å². The smallest absolute Gasteiger partial charge is 0.330 e. The third-order valence-corrected chi connectivity index (χ3v) is 2.66. The number of halogens is 3. The largest absolute Gasteiger partial charge is 0.416 e. The van der Waals surface area contributed by atoms with Gasteiger partial charge in [-0.3, -0.25) is 0 Å². The van der Waals surface area contributed by atoms with Crippen LogP contribution in [0.3, 0.4) is 0 Å². The molecular weight excluding hydrogens is 191 g/mol. The van der Waals surface area contributed by atoms with Crippen molar-refractivity contribution in [3.05, 3.63) is 34.9 Å². The van der Waals surface area contributed by atoms with Crippen molar-refractivity contribution in [1.29, 1.82) is 0 Å². The summed E-state index contributed by atoms with van der Waals surface area (Å²) in [6, 6.07) is 4.31. The molecule has 0 fully saturated rings. The highest BCUT2D eigenvalue weighted by Crippen LogP contribution is 2.43. The fourth-order valence-electron chi connectivity index (χ4n) is 1.96. The predicted molar refractivity (Wildman–Crippen MR) is 46.9 cm³/mol. The first kappa shape index (κ1) is 9.52. The number of nitrogens with two attached hydrogens (primary N) is 1. The third-order valence-electron chi connectivity index (χ3n) is 2.66. The van der Waals surface area contributed by atoms with Crippen LogP contribution in [-0.4, -0.2) is 6.54 Å². The van der Waals surface area contributed by atoms with Crippen LogP contribution >= 0.6 is 0 Å². The van der Waals surface area contributed by atoms with Gasteiger partial charge in [-0.05, 0) is 30.2 Å². The molecule has 1 aliphatic rings. The van der Waals surface area contributed by atoms with Gasteiger partial charge in [0.2, 0.25) is 0 Å². The van der Waals surface area contributed by atoms with Gasteiger partial charge in [-0.2, -0.15) is 13.2 Å². The molecule has 1 aromatic carbocycles. The van der Waals surface area contributed by atoms with E-state index in [9.17, 15) is 13.2 Å².